The number of ketones is 1. The molecule has 1 N–H and O–H groups in total. The lowest BCUT2D eigenvalue weighted by Crippen LogP contribution is -3.00. The van der Waals surface area contributed by atoms with Gasteiger partial charge in [-0.05, 0) is 17.7 Å². The van der Waals surface area contributed by atoms with Gasteiger partial charge < -0.3 is 36.3 Å². The number of methoxy groups -OCH3 is 1. The summed E-state index contributed by atoms with van der Waals surface area (Å²) in [4.78, 5) is 39.1. The summed E-state index contributed by atoms with van der Waals surface area (Å²) in [7, 11) is 1.33. The average Bonchev–Trinajstić information content (AvgIpc) is 2.97. The molecule has 3 aromatic rings. The SMILES string of the molecule is COC(=O)c1ccccc1NC(C(=O)O[C@H]1C[N+]2(CC(=O)c3ccccc3)CCC1CC2)c1ccccc1.[Br-]. The third-order valence-corrected chi connectivity index (χ3v) is 7.88. The van der Waals surface area contributed by atoms with Crippen molar-refractivity contribution < 1.29 is 45.3 Å². The Balaban J connectivity index is 0.00000353. The molecule has 0 spiro atoms. The van der Waals surface area contributed by atoms with Crippen LogP contribution in [0.15, 0.2) is 84.9 Å². The fourth-order valence-electron chi connectivity index (χ4n) is 5.79. The van der Waals surface area contributed by atoms with Crippen molar-refractivity contribution in [2.75, 3.05) is 38.6 Å². The second kappa shape index (κ2) is 12.6. The van der Waals surface area contributed by atoms with Gasteiger partial charge in [0.1, 0.15) is 13.1 Å². The number of benzene rings is 3. The zero-order valence-corrected chi connectivity index (χ0v) is 23.5. The van der Waals surface area contributed by atoms with Crippen LogP contribution in [-0.2, 0) is 14.3 Å². The first kappa shape index (κ1) is 28.5. The molecule has 3 heterocycles. The van der Waals surface area contributed by atoms with Gasteiger partial charge >= 0.3 is 11.9 Å². The van der Waals surface area contributed by atoms with Gasteiger partial charge in [0.2, 0.25) is 5.78 Å². The van der Waals surface area contributed by atoms with Crippen LogP contribution in [0.3, 0.4) is 0 Å². The van der Waals surface area contributed by atoms with E-state index >= 15 is 0 Å². The van der Waals surface area contributed by atoms with E-state index in [-0.39, 0.29) is 34.8 Å². The van der Waals surface area contributed by atoms with Crippen LogP contribution in [-0.4, -0.2) is 61.6 Å². The summed E-state index contributed by atoms with van der Waals surface area (Å²) in [5, 5.41) is 3.24. The third kappa shape index (κ3) is 6.40. The Hall–Kier alpha value is -3.49. The zero-order chi connectivity index (χ0) is 26.5. The number of nitrogens with one attached hydrogen (secondary N) is 1. The molecular formula is C31H33BrN2O5. The number of para-hydroxylation sites is 1. The second-order valence-corrected chi connectivity index (χ2v) is 10.3. The summed E-state index contributed by atoms with van der Waals surface area (Å²) in [6.45, 7) is 2.89. The lowest BCUT2D eigenvalue weighted by molar-refractivity contribution is -0.938. The number of rotatable bonds is 9. The molecule has 3 saturated heterocycles. The van der Waals surface area contributed by atoms with Crippen LogP contribution in [0.4, 0.5) is 5.69 Å². The van der Waals surface area contributed by atoms with Crippen LogP contribution in [0.1, 0.15) is 45.2 Å². The number of carbonyl (C=O) groups is 3. The monoisotopic (exact) mass is 592 g/mol. The van der Waals surface area contributed by atoms with Crippen molar-refractivity contribution in [1.82, 2.24) is 0 Å². The molecule has 1 unspecified atom stereocenters. The number of anilines is 1. The Bertz CT molecular complexity index is 1290. The summed E-state index contributed by atoms with van der Waals surface area (Å²) in [5.74, 6) is -0.480. The quantitative estimate of drug-likeness (QED) is 0.231. The Morgan fingerprint density at radius 2 is 1.51 bits per heavy atom. The van der Waals surface area contributed by atoms with Gasteiger partial charge in [0.25, 0.3) is 0 Å². The molecule has 0 aliphatic carbocycles. The number of halogens is 1. The minimum atomic E-state index is -0.808. The molecule has 204 valence electrons. The first-order valence-electron chi connectivity index (χ1n) is 13.1. The highest BCUT2D eigenvalue weighted by atomic mass is 79.9. The average molecular weight is 594 g/mol. The minimum Gasteiger partial charge on any atom is -1.00 e. The summed E-state index contributed by atoms with van der Waals surface area (Å²) < 4.78 is 11.8. The van der Waals surface area contributed by atoms with Crippen LogP contribution in [0, 0.1) is 5.92 Å². The molecule has 3 aliphatic heterocycles. The van der Waals surface area contributed by atoms with Crippen LogP contribution >= 0.6 is 0 Å². The highest BCUT2D eigenvalue weighted by molar-refractivity contribution is 5.97. The van der Waals surface area contributed by atoms with Crippen molar-refractivity contribution >= 4 is 23.4 Å². The van der Waals surface area contributed by atoms with E-state index in [4.69, 9.17) is 9.47 Å². The van der Waals surface area contributed by atoms with Crippen molar-refractivity contribution in [3.05, 3.63) is 102 Å². The maximum absolute atomic E-state index is 13.7. The molecule has 8 heteroatoms. The highest BCUT2D eigenvalue weighted by Gasteiger charge is 2.49. The van der Waals surface area contributed by atoms with Crippen LogP contribution < -0.4 is 22.3 Å². The summed E-state index contributed by atoms with van der Waals surface area (Å²) in [6, 6.07) is 24.9. The molecule has 2 bridgehead atoms. The second-order valence-electron chi connectivity index (χ2n) is 10.3. The maximum atomic E-state index is 13.7. The number of ether oxygens (including phenoxy) is 2. The largest absolute Gasteiger partial charge is 1.00 e. The van der Waals surface area contributed by atoms with Gasteiger partial charge in [-0.25, -0.2) is 9.59 Å². The number of Topliss-reactive ketones (excluding diaryl/α,β-unsaturated/α-hetero) is 1. The minimum absolute atomic E-state index is 0. The highest BCUT2D eigenvalue weighted by Crippen LogP contribution is 2.37. The fourth-order valence-corrected chi connectivity index (χ4v) is 5.79. The van der Waals surface area contributed by atoms with E-state index in [9.17, 15) is 14.4 Å². The number of quaternary nitrogens is 1. The van der Waals surface area contributed by atoms with E-state index in [1.54, 1.807) is 24.3 Å². The van der Waals surface area contributed by atoms with Gasteiger partial charge in [-0.2, -0.15) is 0 Å². The molecule has 0 amide bonds. The van der Waals surface area contributed by atoms with Crippen LogP contribution in [0.5, 0.6) is 0 Å². The van der Waals surface area contributed by atoms with Gasteiger partial charge in [0.15, 0.2) is 12.1 Å². The Kier molecular flexibility index (Phi) is 9.20. The molecule has 3 aliphatic rings. The van der Waals surface area contributed by atoms with Gasteiger partial charge in [0, 0.05) is 30.0 Å². The maximum Gasteiger partial charge on any atom is 0.339 e. The predicted molar refractivity (Wildman–Crippen MR) is 144 cm³/mol. The van der Waals surface area contributed by atoms with E-state index in [1.165, 1.54) is 7.11 Å². The van der Waals surface area contributed by atoms with Crippen molar-refractivity contribution in [2.24, 2.45) is 5.92 Å². The number of piperidine rings is 3. The number of hydrogen-bond donors (Lipinski definition) is 1. The lowest BCUT2D eigenvalue weighted by Gasteiger charge is -2.51. The van der Waals surface area contributed by atoms with Gasteiger partial charge in [0.05, 0.1) is 25.8 Å². The van der Waals surface area contributed by atoms with E-state index < -0.39 is 18.0 Å². The smallest absolute Gasteiger partial charge is 0.339 e. The Labute approximate surface area is 239 Å². The number of carbonyl (C=O) groups excluding carboxylic acids is 3. The predicted octanol–water partition coefficient (Wildman–Crippen LogP) is 1.67. The first-order valence-corrected chi connectivity index (χ1v) is 13.1. The molecule has 2 atom stereocenters. The fraction of sp³-hybridized carbons (Fsp3) is 0.323. The Morgan fingerprint density at radius 1 is 0.897 bits per heavy atom. The number of nitrogens with zero attached hydrogens (tertiary/aromatic N) is 1. The van der Waals surface area contributed by atoms with E-state index in [0.29, 0.717) is 28.8 Å². The summed E-state index contributed by atoms with van der Waals surface area (Å²) >= 11 is 0. The van der Waals surface area contributed by atoms with Crippen molar-refractivity contribution in [2.45, 2.75) is 25.0 Å². The lowest BCUT2D eigenvalue weighted by atomic mass is 9.82. The number of esters is 2. The van der Waals surface area contributed by atoms with Gasteiger partial charge in [-0.3, -0.25) is 4.79 Å². The molecule has 3 fully saturated rings. The van der Waals surface area contributed by atoms with Gasteiger partial charge in [-0.1, -0.05) is 72.8 Å². The first-order chi connectivity index (χ1) is 18.5. The van der Waals surface area contributed by atoms with Crippen molar-refractivity contribution in [1.29, 1.82) is 0 Å². The van der Waals surface area contributed by atoms with Crippen molar-refractivity contribution in [3.63, 3.8) is 0 Å². The third-order valence-electron chi connectivity index (χ3n) is 7.88. The number of fused-ring (bicyclic) bond motifs is 3. The molecular weight excluding hydrogens is 560 g/mol. The molecule has 0 saturated carbocycles. The van der Waals surface area contributed by atoms with E-state index in [0.717, 1.165) is 37.1 Å². The summed E-state index contributed by atoms with van der Waals surface area (Å²) in [5.41, 5.74) is 2.30. The van der Waals surface area contributed by atoms with Gasteiger partial charge in [-0.15, -0.1) is 0 Å². The topological polar surface area (TPSA) is 81.7 Å². The molecule has 0 aromatic heterocycles. The summed E-state index contributed by atoms with van der Waals surface area (Å²) in [6.07, 6.45) is 1.58. The van der Waals surface area contributed by atoms with Crippen molar-refractivity contribution in [3.8, 4) is 0 Å². The van der Waals surface area contributed by atoms with E-state index in [1.807, 2.05) is 60.7 Å². The standard InChI is InChI=1S/C31H32N2O5.BrH/c1-37-30(35)25-14-8-9-15-26(25)32-29(24-12-6-3-7-13-24)31(36)38-28-21-33(18-16-23(28)17-19-33)20-27(34)22-10-4-2-5-11-22;/h2-15,23,28-29H,16-21H2,1H3;1H/t23?,28-,29?,33?;/m0./s1. The molecule has 3 aromatic carbocycles. The normalized spacial score (nSPS) is 22.2. The van der Waals surface area contributed by atoms with E-state index in [2.05, 4.69) is 5.32 Å². The molecule has 39 heavy (non-hydrogen) atoms. The zero-order valence-electron chi connectivity index (χ0n) is 21.9. The molecule has 6 rings (SSSR count). The van der Waals surface area contributed by atoms with Crippen LogP contribution in [0.25, 0.3) is 0 Å². The van der Waals surface area contributed by atoms with Crippen LogP contribution in [0.2, 0.25) is 0 Å². The number of hydrogen-bond acceptors (Lipinski definition) is 6. The molecule has 7 nitrogen and oxygen atoms in total. The molecule has 0 radical (unpaired) electrons. The Morgan fingerprint density at radius 3 is 2.18 bits per heavy atom.